The molecule has 1 aromatic carbocycles. The van der Waals surface area contributed by atoms with Crippen molar-refractivity contribution in [1.29, 1.82) is 0 Å². The Labute approximate surface area is 231 Å². The largest absolute Gasteiger partial charge is 0.383 e. The molecule has 8 rings (SSSR count). The van der Waals surface area contributed by atoms with Gasteiger partial charge in [-0.15, -0.1) is 0 Å². The Kier molecular flexibility index (Phi) is 8.44. The Hall–Kier alpha value is -3.47. The molecule has 1 atom stereocenters. The molecule has 1 saturated heterocycles. The molecule has 7 heterocycles. The summed E-state index contributed by atoms with van der Waals surface area (Å²) in [6.45, 7) is 9.55. The van der Waals surface area contributed by atoms with Crippen molar-refractivity contribution in [2.75, 3.05) is 83.3 Å². The van der Waals surface area contributed by atoms with Gasteiger partial charge in [0.05, 0.1) is 13.2 Å². The van der Waals surface area contributed by atoms with Crippen molar-refractivity contribution in [1.82, 2.24) is 30.0 Å². The minimum Gasteiger partial charge on any atom is -0.383 e. The van der Waals surface area contributed by atoms with E-state index in [9.17, 15) is 4.79 Å². The van der Waals surface area contributed by atoms with Crippen molar-refractivity contribution in [2.24, 2.45) is 0 Å². The molecule has 2 aromatic rings. The number of carbonyl (C=O) groups is 1. The van der Waals surface area contributed by atoms with Crippen molar-refractivity contribution in [3.63, 3.8) is 0 Å². The van der Waals surface area contributed by atoms with Crippen LogP contribution in [0.4, 0.5) is 11.6 Å². The van der Waals surface area contributed by atoms with Crippen LogP contribution in [0.5, 0.6) is 0 Å². The summed E-state index contributed by atoms with van der Waals surface area (Å²) in [7, 11) is 3.57. The number of amides is 1. The Balaban J connectivity index is 1.43. The number of ether oxygens (including phenoxy) is 1. The van der Waals surface area contributed by atoms with Gasteiger partial charge in [-0.3, -0.25) is 14.6 Å². The molecule has 6 aliphatic heterocycles. The molecule has 6 aliphatic rings. The number of benzene rings is 1. The van der Waals surface area contributed by atoms with Crippen molar-refractivity contribution < 1.29 is 9.53 Å². The molecule has 39 heavy (non-hydrogen) atoms. The van der Waals surface area contributed by atoms with Gasteiger partial charge in [0.2, 0.25) is 11.9 Å². The van der Waals surface area contributed by atoms with E-state index in [1.54, 1.807) is 7.11 Å². The molecule has 2 N–H and O–H groups in total. The predicted molar refractivity (Wildman–Crippen MR) is 154 cm³/mol. The molecule has 10 heteroatoms. The summed E-state index contributed by atoms with van der Waals surface area (Å²) >= 11 is 0. The highest BCUT2D eigenvalue weighted by Gasteiger charge is 2.25. The maximum atomic E-state index is 13.0. The van der Waals surface area contributed by atoms with E-state index < -0.39 is 5.66 Å². The van der Waals surface area contributed by atoms with Gasteiger partial charge in [-0.25, -0.2) is 9.97 Å². The fourth-order valence-corrected chi connectivity index (χ4v) is 5.22. The summed E-state index contributed by atoms with van der Waals surface area (Å²) in [4.78, 5) is 31.0. The molecular weight excluding hydrogens is 492 g/mol. The van der Waals surface area contributed by atoms with Crippen LogP contribution in [0.2, 0.25) is 0 Å². The summed E-state index contributed by atoms with van der Waals surface area (Å²) in [5.74, 6) is 0.770. The van der Waals surface area contributed by atoms with Crippen LogP contribution in [0.1, 0.15) is 18.1 Å². The first kappa shape index (κ1) is 27.1. The minimum absolute atomic E-state index is 0.139. The smallest absolute Gasteiger partial charge is 0.236 e. The van der Waals surface area contributed by atoms with E-state index in [0.29, 0.717) is 38.7 Å². The number of nitrogens with zero attached hydrogens (tertiary/aromatic N) is 6. The lowest BCUT2D eigenvalue weighted by Gasteiger charge is -2.35. The highest BCUT2D eigenvalue weighted by molar-refractivity contribution is 5.78. The van der Waals surface area contributed by atoms with Crippen LogP contribution in [0, 0.1) is 0 Å². The molecule has 208 valence electrons. The van der Waals surface area contributed by atoms with Crippen LogP contribution in [0.3, 0.4) is 0 Å². The first-order valence-electron chi connectivity index (χ1n) is 13.7. The number of likely N-dealkylation sites (N-methyl/N-ethyl adjacent to an activating group) is 1. The molecule has 0 saturated carbocycles. The zero-order chi connectivity index (χ0) is 27.2. The fourth-order valence-electron chi connectivity index (χ4n) is 5.22. The quantitative estimate of drug-likeness (QED) is 0.615. The molecule has 8 bridgehead atoms. The van der Waals surface area contributed by atoms with E-state index >= 15 is 0 Å². The predicted octanol–water partition coefficient (Wildman–Crippen LogP) is 1.85. The number of carbonyl (C=O) groups excluding carboxylic acids is 1. The summed E-state index contributed by atoms with van der Waals surface area (Å²) in [6, 6.07) is 8.62. The number of aromatic nitrogens is 2. The molecule has 0 radical (unpaired) electrons. The molecule has 0 aliphatic carbocycles. The number of rotatable bonds is 3. The molecular formula is C29H40N8O2. The maximum Gasteiger partial charge on any atom is 0.236 e. The molecule has 10 nitrogen and oxygen atoms in total. The lowest BCUT2D eigenvalue weighted by molar-refractivity contribution is -0.131. The van der Waals surface area contributed by atoms with Crippen molar-refractivity contribution in [3.05, 3.63) is 66.1 Å². The van der Waals surface area contributed by atoms with Crippen LogP contribution in [0.25, 0.3) is 5.57 Å². The third kappa shape index (κ3) is 6.95. The van der Waals surface area contributed by atoms with Gasteiger partial charge in [0, 0.05) is 90.2 Å². The standard InChI is InChI=1S/C29H40N8O2/c1-29-18-24(7-8-32-29)25-19-30-28(31-20-25)37(15-16-39-3)14-9-34(2)27(38)22-36-12-10-35(11-13-36)21-23-5-4-6-26(17-23)33-29/h4-8,17-20,32-33H,9-16,21-22H2,1-3H3. The van der Waals surface area contributed by atoms with Gasteiger partial charge in [-0.2, -0.15) is 0 Å². The Bertz CT molecular complexity index is 1190. The normalized spacial score (nSPS) is 25.8. The summed E-state index contributed by atoms with van der Waals surface area (Å²) in [5, 5.41) is 7.13. The third-order valence-corrected chi connectivity index (χ3v) is 7.60. The van der Waals surface area contributed by atoms with Gasteiger partial charge in [-0.1, -0.05) is 12.1 Å². The van der Waals surface area contributed by atoms with Gasteiger partial charge in [0.25, 0.3) is 0 Å². The fraction of sp³-hybridized carbons (Fsp3) is 0.483. The Morgan fingerprint density at radius 3 is 2.51 bits per heavy atom. The van der Waals surface area contributed by atoms with E-state index in [0.717, 1.165) is 49.5 Å². The average molecular weight is 533 g/mol. The Morgan fingerprint density at radius 2 is 1.77 bits per heavy atom. The third-order valence-electron chi connectivity index (χ3n) is 7.60. The number of nitrogens with one attached hydrogen (secondary N) is 2. The molecule has 1 aromatic heterocycles. The molecule has 1 amide bonds. The van der Waals surface area contributed by atoms with Gasteiger partial charge in [0.15, 0.2) is 0 Å². The van der Waals surface area contributed by atoms with Gasteiger partial charge >= 0.3 is 0 Å². The van der Waals surface area contributed by atoms with Crippen molar-refractivity contribution in [2.45, 2.75) is 19.1 Å². The van der Waals surface area contributed by atoms with E-state index in [2.05, 4.69) is 62.6 Å². The number of hydrogen-bond acceptors (Lipinski definition) is 9. The number of anilines is 2. The van der Waals surface area contributed by atoms with Crippen LogP contribution in [0.15, 0.2) is 55.0 Å². The lowest BCUT2D eigenvalue weighted by atomic mass is 10.00. The van der Waals surface area contributed by atoms with Gasteiger partial charge in [-0.05, 0) is 48.5 Å². The van der Waals surface area contributed by atoms with Gasteiger partial charge < -0.3 is 25.2 Å². The SMILES string of the molecule is COCCN1CCN(C)C(=O)CN2CCN(CC2)Cc2cccc(c2)NC2(C)C=C(C=CN2)c2cnc1nc2. The van der Waals surface area contributed by atoms with Gasteiger partial charge in [0.1, 0.15) is 5.66 Å². The number of piperazine rings is 1. The zero-order valence-electron chi connectivity index (χ0n) is 23.3. The zero-order valence-corrected chi connectivity index (χ0v) is 23.3. The van der Waals surface area contributed by atoms with E-state index in [-0.39, 0.29) is 5.91 Å². The molecule has 1 fully saturated rings. The van der Waals surface area contributed by atoms with Crippen LogP contribution in [-0.4, -0.2) is 109 Å². The maximum absolute atomic E-state index is 13.0. The molecule has 0 spiro atoms. The van der Waals surface area contributed by atoms with Crippen molar-refractivity contribution >= 4 is 23.1 Å². The summed E-state index contributed by atoms with van der Waals surface area (Å²) < 4.78 is 5.33. The number of hydrogen-bond donors (Lipinski definition) is 2. The second-order valence-corrected chi connectivity index (χ2v) is 10.7. The highest BCUT2D eigenvalue weighted by atomic mass is 16.5. The van der Waals surface area contributed by atoms with Crippen LogP contribution < -0.4 is 15.5 Å². The number of dihydropyridines is 1. The molecule has 1 unspecified atom stereocenters. The first-order chi connectivity index (χ1) is 18.9. The monoisotopic (exact) mass is 532 g/mol. The average Bonchev–Trinajstić information content (AvgIpc) is 2.93. The van der Waals surface area contributed by atoms with E-state index in [1.807, 2.05) is 36.6 Å². The number of allylic oxidation sites excluding steroid dienone is 2. The van der Waals surface area contributed by atoms with Crippen molar-refractivity contribution in [3.8, 4) is 0 Å². The summed E-state index contributed by atoms with van der Waals surface area (Å²) in [5.41, 5.74) is 3.85. The second kappa shape index (κ2) is 12.1. The first-order valence-corrected chi connectivity index (χ1v) is 13.7. The van der Waals surface area contributed by atoms with E-state index in [1.165, 1.54) is 5.56 Å². The second-order valence-electron chi connectivity index (χ2n) is 10.7. The minimum atomic E-state index is -0.467. The number of methoxy groups -OCH3 is 1. The summed E-state index contributed by atoms with van der Waals surface area (Å²) in [6.07, 6.45) is 9.91. The lowest BCUT2D eigenvalue weighted by Crippen LogP contribution is -2.50. The van der Waals surface area contributed by atoms with E-state index in [4.69, 9.17) is 14.7 Å². The van der Waals surface area contributed by atoms with Crippen LogP contribution in [-0.2, 0) is 16.1 Å². The topological polar surface area (TPSA) is 89.1 Å². The highest BCUT2D eigenvalue weighted by Crippen LogP contribution is 2.26. The Morgan fingerprint density at radius 1 is 1.03 bits per heavy atom. The van der Waals surface area contributed by atoms with Crippen LogP contribution >= 0.6 is 0 Å².